The summed E-state index contributed by atoms with van der Waals surface area (Å²) in [5, 5.41) is 11.7. The van der Waals surface area contributed by atoms with Crippen molar-refractivity contribution in [1.82, 2.24) is 20.1 Å². The predicted octanol–water partition coefficient (Wildman–Crippen LogP) is 2.76. The number of hydrogen-bond donors (Lipinski definition) is 2. The first-order valence-electron chi connectivity index (χ1n) is 7.22. The molecule has 0 aromatic carbocycles. The van der Waals surface area contributed by atoms with E-state index in [1.165, 1.54) is 0 Å². The number of anilines is 1. The summed E-state index contributed by atoms with van der Waals surface area (Å²) in [5.74, 6) is 0.934. The number of aryl methyl sites for hydroxylation is 2. The molecule has 0 unspecified atom stereocenters. The molecule has 0 aliphatic carbocycles. The number of nitrogens with zero attached hydrogens (tertiary/aromatic N) is 3. The number of aromatic nitrogens is 3. The van der Waals surface area contributed by atoms with Crippen molar-refractivity contribution in [3.63, 3.8) is 0 Å². The topological polar surface area (TPSA) is 54.8 Å². The van der Waals surface area contributed by atoms with Gasteiger partial charge in [-0.15, -0.1) is 0 Å². The number of halogens is 1. The molecule has 0 atom stereocenters. The van der Waals surface area contributed by atoms with Crippen LogP contribution in [0.5, 0.6) is 0 Å². The predicted molar refractivity (Wildman–Crippen MR) is 86.6 cm³/mol. The lowest BCUT2D eigenvalue weighted by molar-refractivity contribution is 0.631. The smallest absolute Gasteiger partial charge is 0.131 e. The molecule has 0 aliphatic heterocycles. The Balaban J connectivity index is 1.58. The van der Waals surface area contributed by atoms with Crippen molar-refractivity contribution >= 4 is 17.4 Å². The lowest BCUT2D eigenvalue weighted by Crippen LogP contribution is -2.16. The molecule has 0 spiro atoms. The molecule has 0 amide bonds. The number of nitrogens with one attached hydrogen (secondary N) is 2. The van der Waals surface area contributed by atoms with Crippen LogP contribution in [0.15, 0.2) is 24.4 Å². The fourth-order valence-electron chi connectivity index (χ4n) is 2.15. The molecule has 2 aromatic rings. The molecule has 2 aromatic heterocycles. The van der Waals surface area contributed by atoms with Crippen molar-refractivity contribution in [2.24, 2.45) is 7.05 Å². The highest BCUT2D eigenvalue weighted by atomic mass is 35.5. The molecule has 0 saturated heterocycles. The van der Waals surface area contributed by atoms with E-state index in [2.05, 4.69) is 20.7 Å². The highest BCUT2D eigenvalue weighted by Crippen LogP contribution is 2.17. The molecule has 21 heavy (non-hydrogen) atoms. The van der Waals surface area contributed by atoms with Crippen LogP contribution in [0.25, 0.3) is 0 Å². The van der Waals surface area contributed by atoms with Crippen LogP contribution in [0, 0.1) is 6.92 Å². The molecule has 0 radical (unpaired) electrons. The number of rotatable bonds is 8. The van der Waals surface area contributed by atoms with Crippen LogP contribution in [0.4, 0.5) is 5.82 Å². The van der Waals surface area contributed by atoms with Gasteiger partial charge in [0.05, 0.1) is 5.69 Å². The summed E-state index contributed by atoms with van der Waals surface area (Å²) in [5.41, 5.74) is 2.08. The van der Waals surface area contributed by atoms with Gasteiger partial charge < -0.3 is 10.6 Å². The molecule has 0 fully saturated rings. The molecule has 0 aliphatic rings. The number of pyridine rings is 1. The van der Waals surface area contributed by atoms with E-state index in [-0.39, 0.29) is 0 Å². The van der Waals surface area contributed by atoms with E-state index < -0.39 is 0 Å². The van der Waals surface area contributed by atoms with Gasteiger partial charge in [0.1, 0.15) is 11.0 Å². The zero-order valence-electron chi connectivity index (χ0n) is 12.6. The average Bonchev–Trinajstić information content (AvgIpc) is 2.73. The van der Waals surface area contributed by atoms with Gasteiger partial charge in [0.25, 0.3) is 0 Å². The van der Waals surface area contributed by atoms with Crippen LogP contribution in [-0.4, -0.2) is 27.9 Å². The van der Waals surface area contributed by atoms with Gasteiger partial charge in [-0.05, 0) is 38.4 Å². The minimum atomic E-state index is 0.719. The Morgan fingerprint density at radius 1 is 1.24 bits per heavy atom. The Kier molecular flexibility index (Phi) is 6.02. The fraction of sp³-hybridized carbons (Fsp3) is 0.467. The maximum atomic E-state index is 6.19. The summed E-state index contributed by atoms with van der Waals surface area (Å²) in [4.78, 5) is 4.22. The number of unbranched alkanes of at least 4 members (excludes halogenated alkanes) is 1. The lowest BCUT2D eigenvalue weighted by Gasteiger charge is -2.06. The summed E-state index contributed by atoms with van der Waals surface area (Å²) >= 11 is 6.19. The molecule has 0 bridgehead atoms. The third kappa shape index (κ3) is 4.72. The highest BCUT2D eigenvalue weighted by molar-refractivity contribution is 6.30. The summed E-state index contributed by atoms with van der Waals surface area (Å²) in [6.07, 6.45) is 4.00. The molecule has 2 heterocycles. The standard InChI is InChI=1S/C15H22ClN5/c1-12-13(15(16)21(2)20-12)11-17-8-5-6-10-19-14-7-3-4-9-18-14/h3-4,7,9,17H,5-6,8,10-11H2,1-2H3,(H,18,19). The molecule has 0 saturated carbocycles. The van der Waals surface area contributed by atoms with Gasteiger partial charge in [0.2, 0.25) is 0 Å². The van der Waals surface area contributed by atoms with E-state index in [1.54, 1.807) is 10.9 Å². The summed E-state index contributed by atoms with van der Waals surface area (Å²) < 4.78 is 1.71. The van der Waals surface area contributed by atoms with Gasteiger partial charge in [-0.1, -0.05) is 17.7 Å². The van der Waals surface area contributed by atoms with E-state index in [9.17, 15) is 0 Å². The average molecular weight is 308 g/mol. The van der Waals surface area contributed by atoms with Crippen LogP contribution in [0.1, 0.15) is 24.1 Å². The molecule has 114 valence electrons. The van der Waals surface area contributed by atoms with Crippen LogP contribution >= 0.6 is 11.6 Å². The van der Waals surface area contributed by atoms with E-state index in [0.29, 0.717) is 0 Å². The first kappa shape index (κ1) is 15.8. The molecule has 2 rings (SSSR count). The fourth-order valence-corrected chi connectivity index (χ4v) is 2.39. The Hall–Kier alpha value is -1.59. The zero-order chi connectivity index (χ0) is 15.1. The Morgan fingerprint density at radius 2 is 2.05 bits per heavy atom. The molecule has 5 nitrogen and oxygen atoms in total. The Labute approximate surface area is 130 Å². The molecular weight excluding hydrogens is 286 g/mol. The minimum Gasteiger partial charge on any atom is -0.370 e. The van der Waals surface area contributed by atoms with E-state index in [0.717, 1.165) is 54.7 Å². The van der Waals surface area contributed by atoms with Gasteiger partial charge in [-0.3, -0.25) is 4.68 Å². The normalized spacial score (nSPS) is 10.8. The van der Waals surface area contributed by atoms with Gasteiger partial charge >= 0.3 is 0 Å². The minimum absolute atomic E-state index is 0.719. The molecule has 6 heteroatoms. The number of hydrogen-bond acceptors (Lipinski definition) is 4. The monoisotopic (exact) mass is 307 g/mol. The van der Waals surface area contributed by atoms with Gasteiger partial charge in [0.15, 0.2) is 0 Å². The SMILES string of the molecule is Cc1nn(C)c(Cl)c1CNCCCCNc1ccccn1. The third-order valence-electron chi connectivity index (χ3n) is 3.32. The van der Waals surface area contributed by atoms with E-state index in [1.807, 2.05) is 32.2 Å². The summed E-state index contributed by atoms with van der Waals surface area (Å²) in [6.45, 7) is 4.66. The second-order valence-electron chi connectivity index (χ2n) is 5.00. The van der Waals surface area contributed by atoms with Crippen molar-refractivity contribution < 1.29 is 0 Å². The van der Waals surface area contributed by atoms with Crippen molar-refractivity contribution in [2.45, 2.75) is 26.3 Å². The maximum absolute atomic E-state index is 6.19. The Bertz CT molecular complexity index is 553. The second-order valence-corrected chi connectivity index (χ2v) is 5.36. The van der Waals surface area contributed by atoms with E-state index in [4.69, 9.17) is 11.6 Å². The van der Waals surface area contributed by atoms with Crippen molar-refractivity contribution in [3.05, 3.63) is 40.8 Å². The molecular formula is C15H22ClN5. The molecule has 2 N–H and O–H groups in total. The second kappa shape index (κ2) is 8.00. The van der Waals surface area contributed by atoms with Crippen molar-refractivity contribution in [1.29, 1.82) is 0 Å². The van der Waals surface area contributed by atoms with Crippen LogP contribution in [0.2, 0.25) is 5.15 Å². The van der Waals surface area contributed by atoms with Crippen LogP contribution in [-0.2, 0) is 13.6 Å². The quantitative estimate of drug-likeness (QED) is 0.736. The van der Waals surface area contributed by atoms with Crippen molar-refractivity contribution in [2.75, 3.05) is 18.4 Å². The summed E-state index contributed by atoms with van der Waals surface area (Å²) in [7, 11) is 1.86. The van der Waals surface area contributed by atoms with Gasteiger partial charge in [-0.25, -0.2) is 4.98 Å². The summed E-state index contributed by atoms with van der Waals surface area (Å²) in [6, 6.07) is 5.88. The van der Waals surface area contributed by atoms with E-state index >= 15 is 0 Å². The van der Waals surface area contributed by atoms with Crippen molar-refractivity contribution in [3.8, 4) is 0 Å². The Morgan fingerprint density at radius 3 is 2.71 bits per heavy atom. The lowest BCUT2D eigenvalue weighted by atomic mass is 10.2. The highest BCUT2D eigenvalue weighted by Gasteiger charge is 2.09. The van der Waals surface area contributed by atoms with Gasteiger partial charge in [0, 0.05) is 31.9 Å². The van der Waals surface area contributed by atoms with Gasteiger partial charge in [-0.2, -0.15) is 5.10 Å². The first-order valence-corrected chi connectivity index (χ1v) is 7.60. The van der Waals surface area contributed by atoms with Crippen LogP contribution < -0.4 is 10.6 Å². The zero-order valence-corrected chi connectivity index (χ0v) is 13.3. The maximum Gasteiger partial charge on any atom is 0.131 e. The first-order chi connectivity index (χ1) is 10.2. The van der Waals surface area contributed by atoms with Crippen LogP contribution in [0.3, 0.4) is 0 Å². The third-order valence-corrected chi connectivity index (χ3v) is 3.80. The largest absolute Gasteiger partial charge is 0.370 e.